The molecule has 3 rings (SSSR count). The van der Waals surface area contributed by atoms with E-state index in [9.17, 15) is 14.4 Å². The maximum Gasteiger partial charge on any atom is 0.291 e. The van der Waals surface area contributed by atoms with Gasteiger partial charge in [0.2, 0.25) is 11.8 Å². The van der Waals surface area contributed by atoms with Crippen molar-refractivity contribution in [2.45, 2.75) is 33.2 Å². The maximum absolute atomic E-state index is 13.0. The lowest BCUT2D eigenvalue weighted by molar-refractivity contribution is -0.119. The topological polar surface area (TPSA) is 93.1 Å². The number of anilines is 2. The molecule has 0 bridgehead atoms. The third kappa shape index (κ3) is 5.19. The lowest BCUT2D eigenvalue weighted by atomic mass is 10.1. The van der Waals surface area contributed by atoms with E-state index in [2.05, 4.69) is 15.7 Å². The molecule has 0 saturated heterocycles. The molecule has 7 nitrogen and oxygen atoms in total. The summed E-state index contributed by atoms with van der Waals surface area (Å²) < 4.78 is 1.09. The van der Waals surface area contributed by atoms with E-state index in [1.54, 1.807) is 44.2 Å². The van der Waals surface area contributed by atoms with Gasteiger partial charge in [-0.25, -0.2) is 4.68 Å². The van der Waals surface area contributed by atoms with Gasteiger partial charge >= 0.3 is 0 Å². The fraction of sp³-hybridized carbons (Fsp3) is 0.217. The molecule has 0 fully saturated rings. The molecule has 0 aliphatic carbocycles. The molecule has 2 N–H and O–H groups in total. The molecular weight excluding hydrogens is 416 g/mol. The Hall–Kier alpha value is -3.45. The van der Waals surface area contributed by atoms with Gasteiger partial charge in [0.15, 0.2) is 0 Å². The Morgan fingerprint density at radius 1 is 1.06 bits per heavy atom. The van der Waals surface area contributed by atoms with Crippen LogP contribution in [0.1, 0.15) is 31.9 Å². The van der Waals surface area contributed by atoms with Gasteiger partial charge in [-0.3, -0.25) is 14.4 Å². The zero-order valence-electron chi connectivity index (χ0n) is 17.5. The Morgan fingerprint density at radius 2 is 1.74 bits per heavy atom. The monoisotopic (exact) mass is 438 g/mol. The fourth-order valence-corrected chi connectivity index (χ4v) is 3.05. The van der Waals surface area contributed by atoms with Gasteiger partial charge in [-0.05, 0) is 43.7 Å². The number of aromatic nitrogens is 2. The zero-order valence-corrected chi connectivity index (χ0v) is 18.2. The Balaban J connectivity index is 2.03. The van der Waals surface area contributed by atoms with E-state index in [4.69, 9.17) is 11.6 Å². The molecule has 0 aliphatic rings. The van der Waals surface area contributed by atoms with E-state index in [1.807, 2.05) is 25.1 Å². The third-order valence-electron chi connectivity index (χ3n) is 4.82. The van der Waals surface area contributed by atoms with Crippen molar-refractivity contribution in [2.75, 3.05) is 10.6 Å². The molecule has 1 aromatic heterocycles. The van der Waals surface area contributed by atoms with Gasteiger partial charge in [-0.1, -0.05) is 48.9 Å². The summed E-state index contributed by atoms with van der Waals surface area (Å²) in [5.74, 6) is -0.709. The van der Waals surface area contributed by atoms with Crippen LogP contribution in [0.3, 0.4) is 0 Å². The molecule has 2 aromatic carbocycles. The summed E-state index contributed by atoms with van der Waals surface area (Å²) in [5, 5.41) is 10.4. The Labute approximate surface area is 185 Å². The molecule has 31 heavy (non-hydrogen) atoms. The molecular formula is C23H23ClN4O3. The van der Waals surface area contributed by atoms with E-state index in [1.165, 1.54) is 6.07 Å². The summed E-state index contributed by atoms with van der Waals surface area (Å²) in [6, 6.07) is 14.8. The minimum atomic E-state index is -0.920. The lowest BCUT2D eigenvalue weighted by Crippen LogP contribution is -2.35. The van der Waals surface area contributed by atoms with Crippen molar-refractivity contribution in [2.24, 2.45) is 0 Å². The predicted octanol–water partition coefficient (Wildman–Crippen LogP) is 4.42. The number of nitrogens with zero attached hydrogens (tertiary/aromatic N) is 2. The predicted molar refractivity (Wildman–Crippen MR) is 122 cm³/mol. The van der Waals surface area contributed by atoms with Crippen LogP contribution in [0.5, 0.6) is 0 Å². The van der Waals surface area contributed by atoms with Crippen LogP contribution in [0.25, 0.3) is 11.3 Å². The molecule has 1 atom stereocenters. The van der Waals surface area contributed by atoms with Crippen LogP contribution in [-0.2, 0) is 9.59 Å². The number of nitrogens with one attached hydrogen (secondary N) is 2. The molecule has 2 amide bonds. The number of hydrogen-bond acceptors (Lipinski definition) is 4. The Kier molecular flexibility index (Phi) is 6.87. The Bertz CT molecular complexity index is 1170. The lowest BCUT2D eigenvalue weighted by Gasteiger charge is -2.17. The van der Waals surface area contributed by atoms with E-state index in [0.29, 0.717) is 22.0 Å². The molecule has 0 spiro atoms. The summed E-state index contributed by atoms with van der Waals surface area (Å²) in [4.78, 5) is 37.8. The quantitative estimate of drug-likeness (QED) is 0.595. The van der Waals surface area contributed by atoms with Crippen LogP contribution in [0.15, 0.2) is 59.4 Å². The summed E-state index contributed by atoms with van der Waals surface area (Å²) >= 11 is 5.97. The summed E-state index contributed by atoms with van der Waals surface area (Å²) in [6.45, 7) is 5.15. The van der Waals surface area contributed by atoms with Crippen molar-refractivity contribution in [3.8, 4) is 11.3 Å². The third-order valence-corrected chi connectivity index (χ3v) is 5.07. The van der Waals surface area contributed by atoms with Crippen LogP contribution in [0, 0.1) is 6.92 Å². The molecule has 0 saturated carbocycles. The normalized spacial score (nSPS) is 11.6. The standard InChI is InChI=1S/C23H23ClN4O3/c1-4-21(29)25-20-13-19(16-9-11-17(24)12-10-16)27-28(23(20)31)15(3)22(30)26-18-8-6-5-7-14(18)2/h5-13,15H,4H2,1-3H3,(H,25,29)(H,26,30)/t15-/m0/s1. The van der Waals surface area contributed by atoms with Gasteiger partial charge in [0.25, 0.3) is 5.56 Å². The molecule has 0 unspecified atom stereocenters. The highest BCUT2D eigenvalue weighted by atomic mass is 35.5. The average Bonchev–Trinajstić information content (AvgIpc) is 2.76. The summed E-state index contributed by atoms with van der Waals surface area (Å²) in [7, 11) is 0. The number of hydrogen-bond donors (Lipinski definition) is 2. The van der Waals surface area contributed by atoms with E-state index < -0.39 is 17.5 Å². The van der Waals surface area contributed by atoms with Crippen molar-refractivity contribution < 1.29 is 9.59 Å². The molecule has 0 aliphatic heterocycles. The van der Waals surface area contributed by atoms with Crippen molar-refractivity contribution in [1.29, 1.82) is 0 Å². The SMILES string of the molecule is CCC(=O)Nc1cc(-c2ccc(Cl)cc2)nn([C@@H](C)C(=O)Nc2ccccc2C)c1=O. The van der Waals surface area contributed by atoms with Gasteiger partial charge in [0, 0.05) is 22.7 Å². The van der Waals surface area contributed by atoms with Crippen LogP contribution < -0.4 is 16.2 Å². The largest absolute Gasteiger partial charge is 0.324 e. The van der Waals surface area contributed by atoms with Crippen molar-refractivity contribution in [1.82, 2.24) is 9.78 Å². The minimum Gasteiger partial charge on any atom is -0.324 e. The second-order valence-corrected chi connectivity index (χ2v) is 7.52. The second kappa shape index (κ2) is 9.57. The first-order valence-electron chi connectivity index (χ1n) is 9.86. The second-order valence-electron chi connectivity index (χ2n) is 7.08. The number of rotatable bonds is 6. The first-order chi connectivity index (χ1) is 14.8. The number of carbonyl (C=O) groups excluding carboxylic acids is 2. The first kappa shape index (κ1) is 22.2. The number of aryl methyl sites for hydroxylation is 1. The van der Waals surface area contributed by atoms with Gasteiger partial charge < -0.3 is 10.6 Å². The van der Waals surface area contributed by atoms with Crippen molar-refractivity contribution in [3.05, 3.63) is 75.5 Å². The summed E-state index contributed by atoms with van der Waals surface area (Å²) in [5.41, 5.74) is 2.17. The maximum atomic E-state index is 13.0. The van der Waals surface area contributed by atoms with Gasteiger partial charge in [0.1, 0.15) is 11.7 Å². The molecule has 160 valence electrons. The molecule has 0 radical (unpaired) electrons. The van der Waals surface area contributed by atoms with Gasteiger partial charge in [-0.15, -0.1) is 0 Å². The van der Waals surface area contributed by atoms with E-state index in [0.717, 1.165) is 10.2 Å². The van der Waals surface area contributed by atoms with E-state index >= 15 is 0 Å². The highest BCUT2D eigenvalue weighted by Crippen LogP contribution is 2.22. The fourth-order valence-electron chi connectivity index (χ4n) is 2.93. The van der Waals surface area contributed by atoms with Gasteiger partial charge in [0.05, 0.1) is 5.69 Å². The smallest absolute Gasteiger partial charge is 0.291 e. The molecule has 3 aromatic rings. The number of benzene rings is 2. The highest BCUT2D eigenvalue weighted by Gasteiger charge is 2.21. The zero-order chi connectivity index (χ0) is 22.5. The van der Waals surface area contributed by atoms with Crippen LogP contribution in [0.4, 0.5) is 11.4 Å². The number of halogens is 1. The van der Waals surface area contributed by atoms with Crippen LogP contribution in [0.2, 0.25) is 5.02 Å². The number of carbonyl (C=O) groups is 2. The average molecular weight is 439 g/mol. The van der Waals surface area contributed by atoms with Crippen molar-refractivity contribution >= 4 is 34.8 Å². The number of amides is 2. The number of para-hydroxylation sites is 1. The Morgan fingerprint density at radius 3 is 2.39 bits per heavy atom. The van der Waals surface area contributed by atoms with Gasteiger partial charge in [-0.2, -0.15) is 5.10 Å². The van der Waals surface area contributed by atoms with E-state index in [-0.39, 0.29) is 18.0 Å². The highest BCUT2D eigenvalue weighted by molar-refractivity contribution is 6.30. The first-order valence-corrected chi connectivity index (χ1v) is 10.2. The molecule has 8 heteroatoms. The minimum absolute atomic E-state index is 0.0577. The summed E-state index contributed by atoms with van der Waals surface area (Å²) in [6.07, 6.45) is 0.210. The van der Waals surface area contributed by atoms with Crippen LogP contribution in [-0.4, -0.2) is 21.6 Å². The van der Waals surface area contributed by atoms with Crippen molar-refractivity contribution in [3.63, 3.8) is 0 Å². The van der Waals surface area contributed by atoms with Crippen LogP contribution >= 0.6 is 11.6 Å². The molecule has 1 heterocycles.